The van der Waals surface area contributed by atoms with Crippen LogP contribution in [0.5, 0.6) is 5.75 Å². The number of anilines is 1. The molecular formula is C20H24N2O6S. The maximum absolute atomic E-state index is 12.2. The van der Waals surface area contributed by atoms with E-state index in [2.05, 4.69) is 5.32 Å². The van der Waals surface area contributed by atoms with Gasteiger partial charge in [-0.1, -0.05) is 24.3 Å². The van der Waals surface area contributed by atoms with E-state index in [-0.39, 0.29) is 11.5 Å². The summed E-state index contributed by atoms with van der Waals surface area (Å²) in [5.41, 5.74) is 1.87. The highest BCUT2D eigenvalue weighted by Gasteiger charge is 2.19. The van der Waals surface area contributed by atoms with Crippen molar-refractivity contribution in [3.63, 3.8) is 0 Å². The van der Waals surface area contributed by atoms with Crippen molar-refractivity contribution in [1.29, 1.82) is 0 Å². The average molecular weight is 420 g/mol. The molecule has 2 aromatic rings. The van der Waals surface area contributed by atoms with Gasteiger partial charge in [-0.25, -0.2) is 17.5 Å². The van der Waals surface area contributed by atoms with Crippen molar-refractivity contribution in [3.8, 4) is 5.75 Å². The Balaban J connectivity index is 1.92. The Morgan fingerprint density at radius 1 is 1.00 bits per heavy atom. The number of nitrogens with zero attached hydrogens (tertiary/aromatic N) is 1. The molecule has 0 atom stereocenters. The smallest absolute Gasteiger partial charge is 0.344 e. The molecule has 0 radical (unpaired) electrons. The number of carbonyl (C=O) groups is 2. The maximum Gasteiger partial charge on any atom is 0.344 e. The number of esters is 1. The highest BCUT2D eigenvalue weighted by Crippen LogP contribution is 2.22. The van der Waals surface area contributed by atoms with E-state index in [0.717, 1.165) is 9.87 Å². The summed E-state index contributed by atoms with van der Waals surface area (Å²) in [5.74, 6) is -0.718. The van der Waals surface area contributed by atoms with Crippen LogP contribution in [-0.2, 0) is 24.3 Å². The molecule has 2 aromatic carbocycles. The molecule has 0 aliphatic rings. The molecule has 0 unspecified atom stereocenters. The van der Waals surface area contributed by atoms with Crippen LogP contribution in [0.2, 0.25) is 0 Å². The van der Waals surface area contributed by atoms with E-state index in [4.69, 9.17) is 9.47 Å². The SMILES string of the molecule is Cc1ccc(S(=O)(=O)N(C)C)cc1NC(=O)COC(=O)COc1ccccc1C. The third-order valence-electron chi connectivity index (χ3n) is 4.07. The van der Waals surface area contributed by atoms with Crippen molar-refractivity contribution < 1.29 is 27.5 Å². The first kappa shape index (κ1) is 22.4. The summed E-state index contributed by atoms with van der Waals surface area (Å²) >= 11 is 0. The molecule has 0 saturated heterocycles. The second kappa shape index (κ2) is 9.53. The number of para-hydroxylation sites is 1. The molecule has 0 fully saturated rings. The lowest BCUT2D eigenvalue weighted by atomic mass is 10.2. The van der Waals surface area contributed by atoms with Crippen LogP contribution < -0.4 is 10.1 Å². The Labute approximate surface area is 170 Å². The van der Waals surface area contributed by atoms with E-state index < -0.39 is 28.5 Å². The fourth-order valence-electron chi connectivity index (χ4n) is 2.34. The molecule has 0 saturated carbocycles. The van der Waals surface area contributed by atoms with E-state index in [1.54, 1.807) is 25.1 Å². The first-order chi connectivity index (χ1) is 13.6. The summed E-state index contributed by atoms with van der Waals surface area (Å²) < 4.78 is 35.8. The Morgan fingerprint density at radius 2 is 1.69 bits per heavy atom. The molecule has 0 bridgehead atoms. The first-order valence-electron chi connectivity index (χ1n) is 8.78. The van der Waals surface area contributed by atoms with E-state index in [9.17, 15) is 18.0 Å². The summed E-state index contributed by atoms with van der Waals surface area (Å²) in [6, 6.07) is 11.6. The summed E-state index contributed by atoms with van der Waals surface area (Å²) in [5, 5.41) is 2.56. The summed E-state index contributed by atoms with van der Waals surface area (Å²) in [6.07, 6.45) is 0. The molecule has 2 rings (SSSR count). The van der Waals surface area contributed by atoms with Gasteiger partial charge in [0.05, 0.1) is 4.90 Å². The molecule has 1 N–H and O–H groups in total. The van der Waals surface area contributed by atoms with E-state index in [1.807, 2.05) is 19.1 Å². The summed E-state index contributed by atoms with van der Waals surface area (Å²) in [4.78, 5) is 24.0. The number of hydrogen-bond donors (Lipinski definition) is 1. The number of sulfonamides is 1. The molecule has 9 heteroatoms. The summed E-state index contributed by atoms with van der Waals surface area (Å²) in [7, 11) is -0.790. The van der Waals surface area contributed by atoms with Crippen LogP contribution in [-0.4, -0.2) is 51.9 Å². The number of ether oxygens (including phenoxy) is 2. The zero-order valence-corrected chi connectivity index (χ0v) is 17.6. The van der Waals surface area contributed by atoms with Gasteiger partial charge in [0, 0.05) is 19.8 Å². The molecule has 29 heavy (non-hydrogen) atoms. The van der Waals surface area contributed by atoms with Gasteiger partial charge in [0.25, 0.3) is 5.91 Å². The van der Waals surface area contributed by atoms with Gasteiger partial charge in [-0.15, -0.1) is 0 Å². The predicted octanol–water partition coefficient (Wildman–Crippen LogP) is 2.11. The highest BCUT2D eigenvalue weighted by molar-refractivity contribution is 7.89. The second-order valence-electron chi connectivity index (χ2n) is 6.53. The summed E-state index contributed by atoms with van der Waals surface area (Å²) in [6.45, 7) is 2.73. The zero-order valence-electron chi connectivity index (χ0n) is 16.8. The van der Waals surface area contributed by atoms with E-state index in [1.165, 1.54) is 26.2 Å². The normalized spacial score (nSPS) is 11.2. The largest absolute Gasteiger partial charge is 0.482 e. The van der Waals surface area contributed by atoms with Gasteiger partial charge in [-0.05, 0) is 43.2 Å². The predicted molar refractivity (Wildman–Crippen MR) is 108 cm³/mol. The van der Waals surface area contributed by atoms with Crippen molar-refractivity contribution >= 4 is 27.6 Å². The van der Waals surface area contributed by atoms with Gasteiger partial charge in [-0.3, -0.25) is 4.79 Å². The minimum atomic E-state index is -3.63. The lowest BCUT2D eigenvalue weighted by Crippen LogP contribution is -2.25. The number of amides is 1. The molecular weight excluding hydrogens is 396 g/mol. The molecule has 0 aliphatic heterocycles. The van der Waals surface area contributed by atoms with E-state index >= 15 is 0 Å². The Morgan fingerprint density at radius 3 is 2.34 bits per heavy atom. The molecule has 0 aromatic heterocycles. The fraction of sp³-hybridized carbons (Fsp3) is 0.300. The number of rotatable bonds is 8. The van der Waals surface area contributed by atoms with Crippen LogP contribution in [0, 0.1) is 13.8 Å². The van der Waals surface area contributed by atoms with Gasteiger partial charge in [0.15, 0.2) is 13.2 Å². The fourth-order valence-corrected chi connectivity index (χ4v) is 3.26. The Bertz CT molecular complexity index is 1000. The van der Waals surface area contributed by atoms with Crippen molar-refractivity contribution in [2.24, 2.45) is 0 Å². The molecule has 156 valence electrons. The van der Waals surface area contributed by atoms with Crippen LogP contribution in [0.4, 0.5) is 5.69 Å². The quantitative estimate of drug-likeness (QED) is 0.657. The number of benzene rings is 2. The van der Waals surface area contributed by atoms with Crippen molar-refractivity contribution in [1.82, 2.24) is 4.31 Å². The van der Waals surface area contributed by atoms with E-state index in [0.29, 0.717) is 17.0 Å². The lowest BCUT2D eigenvalue weighted by molar-refractivity contribution is -0.149. The second-order valence-corrected chi connectivity index (χ2v) is 8.68. The molecule has 0 spiro atoms. The standard InChI is InChI=1S/C20H24N2O6S/c1-14-9-10-16(29(25,26)22(3)4)11-17(14)21-19(23)12-28-20(24)13-27-18-8-6-5-7-15(18)2/h5-11H,12-13H2,1-4H3,(H,21,23). The van der Waals surface area contributed by atoms with Crippen LogP contribution >= 0.6 is 0 Å². The number of hydrogen-bond acceptors (Lipinski definition) is 6. The maximum atomic E-state index is 12.2. The monoisotopic (exact) mass is 420 g/mol. The van der Waals surface area contributed by atoms with Crippen LogP contribution in [0.3, 0.4) is 0 Å². The molecule has 0 aliphatic carbocycles. The molecule has 1 amide bonds. The van der Waals surface area contributed by atoms with Crippen molar-refractivity contribution in [2.45, 2.75) is 18.7 Å². The van der Waals surface area contributed by atoms with Gasteiger partial charge in [-0.2, -0.15) is 0 Å². The highest BCUT2D eigenvalue weighted by atomic mass is 32.2. The van der Waals surface area contributed by atoms with Crippen LogP contribution in [0.15, 0.2) is 47.4 Å². The van der Waals surface area contributed by atoms with Gasteiger partial charge < -0.3 is 14.8 Å². The number of carbonyl (C=O) groups excluding carboxylic acids is 2. The van der Waals surface area contributed by atoms with Gasteiger partial charge in [0.1, 0.15) is 5.75 Å². The Hall–Kier alpha value is -2.91. The number of nitrogens with one attached hydrogen (secondary N) is 1. The van der Waals surface area contributed by atoms with Crippen molar-refractivity contribution in [3.05, 3.63) is 53.6 Å². The zero-order chi connectivity index (χ0) is 21.6. The lowest BCUT2D eigenvalue weighted by Gasteiger charge is -2.14. The Kier molecular flexibility index (Phi) is 7.35. The topological polar surface area (TPSA) is 102 Å². The third kappa shape index (κ3) is 6.03. The van der Waals surface area contributed by atoms with Crippen LogP contribution in [0.25, 0.3) is 0 Å². The average Bonchev–Trinajstić information content (AvgIpc) is 2.67. The molecule has 8 nitrogen and oxygen atoms in total. The van der Waals surface area contributed by atoms with Gasteiger partial charge >= 0.3 is 5.97 Å². The van der Waals surface area contributed by atoms with Crippen LogP contribution in [0.1, 0.15) is 11.1 Å². The molecule has 0 heterocycles. The minimum absolute atomic E-state index is 0.0482. The third-order valence-corrected chi connectivity index (χ3v) is 5.88. The number of aryl methyl sites for hydroxylation is 2. The van der Waals surface area contributed by atoms with Crippen molar-refractivity contribution in [2.75, 3.05) is 32.6 Å². The van der Waals surface area contributed by atoms with Gasteiger partial charge in [0.2, 0.25) is 10.0 Å². The first-order valence-corrected chi connectivity index (χ1v) is 10.2. The minimum Gasteiger partial charge on any atom is -0.482 e.